The predicted molar refractivity (Wildman–Crippen MR) is 102 cm³/mol. The normalized spacial score (nSPS) is 15.0. The van der Waals surface area contributed by atoms with Gasteiger partial charge in [0.1, 0.15) is 0 Å². The van der Waals surface area contributed by atoms with Gasteiger partial charge in [0, 0.05) is 11.6 Å². The van der Waals surface area contributed by atoms with E-state index in [9.17, 15) is 0 Å². The molecule has 0 aliphatic heterocycles. The van der Waals surface area contributed by atoms with Crippen LogP contribution < -0.4 is 11.1 Å². The van der Waals surface area contributed by atoms with Gasteiger partial charge in [0.15, 0.2) is 5.82 Å². The van der Waals surface area contributed by atoms with Gasteiger partial charge in [-0.15, -0.1) is 0 Å². The summed E-state index contributed by atoms with van der Waals surface area (Å²) in [5.74, 6) is 1.40. The molecule has 1 aliphatic carbocycles. The summed E-state index contributed by atoms with van der Waals surface area (Å²) >= 11 is 0. The molecule has 2 aromatic rings. The largest absolute Gasteiger partial charge is 0.368 e. The molecule has 1 aromatic carbocycles. The smallest absolute Gasteiger partial charge is 0.228 e. The minimum Gasteiger partial charge on any atom is -0.368 e. The standard InChI is InChI=1S/C20H25N5/c21-19-23-18(16-12-8-4-2-1-3-5-9-13-16)24-20(25-19)22-17-14-10-6-7-11-15-17/h1-5,8-9,12-13,17H,6-7,10-11,14-15H2,(H3,21,22,23,24,25). The SMILES string of the molecule is Nc1nc(NC2CCCCCC2)nc(-c2ccccccccc2)n1. The van der Waals surface area contributed by atoms with E-state index in [4.69, 9.17) is 5.73 Å². The van der Waals surface area contributed by atoms with E-state index in [2.05, 4.69) is 20.3 Å². The van der Waals surface area contributed by atoms with Crippen molar-refractivity contribution >= 4 is 11.9 Å². The van der Waals surface area contributed by atoms with Crippen LogP contribution in [0.2, 0.25) is 0 Å². The highest BCUT2D eigenvalue weighted by molar-refractivity contribution is 5.56. The van der Waals surface area contributed by atoms with Crippen LogP contribution in [0.1, 0.15) is 38.5 Å². The second-order valence-corrected chi connectivity index (χ2v) is 6.31. The van der Waals surface area contributed by atoms with Gasteiger partial charge in [-0.25, -0.2) is 0 Å². The van der Waals surface area contributed by atoms with Crippen molar-refractivity contribution in [3.63, 3.8) is 0 Å². The maximum atomic E-state index is 5.93. The van der Waals surface area contributed by atoms with Crippen LogP contribution in [0.5, 0.6) is 0 Å². The van der Waals surface area contributed by atoms with E-state index in [1.807, 2.05) is 54.6 Å². The number of hydrogen-bond acceptors (Lipinski definition) is 5. The highest BCUT2D eigenvalue weighted by Crippen LogP contribution is 2.21. The Morgan fingerprint density at radius 1 is 0.760 bits per heavy atom. The molecule has 0 spiro atoms. The zero-order chi connectivity index (χ0) is 17.3. The average molecular weight is 335 g/mol. The van der Waals surface area contributed by atoms with Crippen LogP contribution in [0, 0.1) is 0 Å². The van der Waals surface area contributed by atoms with Crippen LogP contribution in [0.3, 0.4) is 0 Å². The molecule has 1 fully saturated rings. The van der Waals surface area contributed by atoms with Gasteiger partial charge < -0.3 is 11.1 Å². The quantitative estimate of drug-likeness (QED) is 0.814. The fourth-order valence-electron chi connectivity index (χ4n) is 3.04. The Kier molecular flexibility index (Phi) is 6.15. The molecule has 1 heterocycles. The summed E-state index contributed by atoms with van der Waals surface area (Å²) in [6.07, 6.45) is 7.45. The highest BCUT2D eigenvalue weighted by Gasteiger charge is 2.14. The summed E-state index contributed by atoms with van der Waals surface area (Å²) in [6, 6.07) is 18.2. The van der Waals surface area contributed by atoms with E-state index >= 15 is 0 Å². The molecule has 5 nitrogen and oxygen atoms in total. The zero-order valence-corrected chi connectivity index (χ0v) is 14.4. The van der Waals surface area contributed by atoms with Gasteiger partial charge in [-0.3, -0.25) is 0 Å². The average Bonchev–Trinajstić information content (AvgIpc) is 2.87. The van der Waals surface area contributed by atoms with Crippen molar-refractivity contribution in [1.82, 2.24) is 15.0 Å². The molecule has 0 bridgehead atoms. The summed E-state index contributed by atoms with van der Waals surface area (Å²) in [5, 5.41) is 3.45. The lowest BCUT2D eigenvalue weighted by atomic mass is 10.1. The lowest BCUT2D eigenvalue weighted by Gasteiger charge is -2.16. The Morgan fingerprint density at radius 2 is 1.36 bits per heavy atom. The molecule has 0 atom stereocenters. The highest BCUT2D eigenvalue weighted by atomic mass is 15.2. The third-order valence-electron chi connectivity index (χ3n) is 4.32. The van der Waals surface area contributed by atoms with Gasteiger partial charge in [-0.05, 0) is 12.8 Å². The van der Waals surface area contributed by atoms with Gasteiger partial charge in [0.25, 0.3) is 0 Å². The number of nitrogens with two attached hydrogens (primary N) is 1. The van der Waals surface area contributed by atoms with Crippen molar-refractivity contribution in [2.75, 3.05) is 11.1 Å². The molecule has 5 heteroatoms. The summed E-state index contributed by atoms with van der Waals surface area (Å²) in [6.45, 7) is 0. The third-order valence-corrected chi connectivity index (χ3v) is 4.32. The first-order valence-electron chi connectivity index (χ1n) is 8.98. The van der Waals surface area contributed by atoms with Crippen LogP contribution in [0.15, 0.2) is 54.6 Å². The number of aromatic nitrogens is 3. The second kappa shape index (κ2) is 8.97. The molecule has 3 N–H and O–H groups in total. The molecule has 1 aromatic heterocycles. The molecule has 1 saturated carbocycles. The van der Waals surface area contributed by atoms with Gasteiger partial charge >= 0.3 is 0 Å². The maximum Gasteiger partial charge on any atom is 0.228 e. The number of anilines is 2. The van der Waals surface area contributed by atoms with E-state index in [1.165, 1.54) is 25.7 Å². The first-order valence-corrected chi connectivity index (χ1v) is 8.98. The fraction of sp³-hybridized carbons (Fsp3) is 0.350. The molecular weight excluding hydrogens is 310 g/mol. The zero-order valence-electron chi connectivity index (χ0n) is 14.4. The lowest BCUT2D eigenvalue weighted by molar-refractivity contribution is 0.614. The predicted octanol–water partition coefficient (Wildman–Crippen LogP) is 4.38. The minimum atomic E-state index is 0.243. The van der Waals surface area contributed by atoms with Gasteiger partial charge in [0.05, 0.1) is 0 Å². The number of nitrogen functional groups attached to an aromatic ring is 1. The van der Waals surface area contributed by atoms with E-state index in [0.29, 0.717) is 17.8 Å². The Labute approximate surface area is 149 Å². The van der Waals surface area contributed by atoms with E-state index in [0.717, 1.165) is 18.4 Å². The van der Waals surface area contributed by atoms with Crippen LogP contribution >= 0.6 is 0 Å². The molecule has 0 unspecified atom stereocenters. The third kappa shape index (κ3) is 5.41. The van der Waals surface area contributed by atoms with E-state index in [1.54, 1.807) is 0 Å². The monoisotopic (exact) mass is 335 g/mol. The topological polar surface area (TPSA) is 76.7 Å². The number of hydrogen-bond donors (Lipinski definition) is 2. The number of rotatable bonds is 3. The molecule has 0 amide bonds. The first kappa shape index (κ1) is 17.1. The van der Waals surface area contributed by atoms with Crippen molar-refractivity contribution in [1.29, 1.82) is 0 Å². The number of nitrogens with one attached hydrogen (secondary N) is 1. The van der Waals surface area contributed by atoms with Crippen LogP contribution in [0.25, 0.3) is 11.4 Å². The van der Waals surface area contributed by atoms with Gasteiger partial charge in [0.2, 0.25) is 11.9 Å². The van der Waals surface area contributed by atoms with Crippen molar-refractivity contribution in [2.45, 2.75) is 44.6 Å². The summed E-state index contributed by atoms with van der Waals surface area (Å²) in [7, 11) is 0. The molecule has 3 rings (SSSR count). The molecule has 1 aliphatic rings. The van der Waals surface area contributed by atoms with Gasteiger partial charge in [-0.2, -0.15) is 15.0 Å². The van der Waals surface area contributed by atoms with Gasteiger partial charge in [-0.1, -0.05) is 80.3 Å². The van der Waals surface area contributed by atoms with E-state index < -0.39 is 0 Å². The molecule has 25 heavy (non-hydrogen) atoms. The van der Waals surface area contributed by atoms with Crippen molar-refractivity contribution < 1.29 is 0 Å². The summed E-state index contributed by atoms with van der Waals surface area (Å²) in [5.41, 5.74) is 6.83. The fourth-order valence-corrected chi connectivity index (χ4v) is 3.04. The maximum absolute atomic E-state index is 5.93. The first-order chi connectivity index (χ1) is 12.3. The summed E-state index contributed by atoms with van der Waals surface area (Å²) in [4.78, 5) is 13.2. The summed E-state index contributed by atoms with van der Waals surface area (Å²) < 4.78 is 0. The van der Waals surface area contributed by atoms with Crippen LogP contribution in [0.4, 0.5) is 11.9 Å². The molecule has 0 saturated heterocycles. The Morgan fingerprint density at radius 3 is 2.00 bits per heavy atom. The lowest BCUT2D eigenvalue weighted by Crippen LogP contribution is -2.20. The van der Waals surface area contributed by atoms with Crippen LogP contribution in [-0.4, -0.2) is 21.0 Å². The molecular formula is C20H25N5. The molecule has 130 valence electrons. The number of nitrogens with zero attached hydrogens (tertiary/aromatic N) is 3. The Balaban J connectivity index is 1.88. The van der Waals surface area contributed by atoms with E-state index in [-0.39, 0.29) is 5.95 Å². The second-order valence-electron chi connectivity index (χ2n) is 6.31. The Hall–Kier alpha value is -2.69. The minimum absolute atomic E-state index is 0.243. The Bertz CT molecular complexity index is 713. The van der Waals surface area contributed by atoms with Crippen LogP contribution in [-0.2, 0) is 0 Å². The van der Waals surface area contributed by atoms with Crippen molar-refractivity contribution in [2.24, 2.45) is 0 Å². The molecule has 0 radical (unpaired) electrons. The van der Waals surface area contributed by atoms with Crippen molar-refractivity contribution in [3.05, 3.63) is 54.6 Å². The van der Waals surface area contributed by atoms with Crippen molar-refractivity contribution in [3.8, 4) is 11.4 Å².